The van der Waals surface area contributed by atoms with E-state index in [0.29, 0.717) is 18.9 Å². The summed E-state index contributed by atoms with van der Waals surface area (Å²) in [4.78, 5) is 11.7. The molecule has 4 heteroatoms. The van der Waals surface area contributed by atoms with Crippen LogP contribution in [0.15, 0.2) is 24.3 Å². The minimum Gasteiger partial charge on any atom is -0.497 e. The van der Waals surface area contributed by atoms with E-state index in [1.807, 2.05) is 24.3 Å². The Balaban J connectivity index is 1.68. The number of piperidine rings is 1. The average Bonchev–Trinajstić information content (AvgIpc) is 2.52. The van der Waals surface area contributed by atoms with E-state index in [1.54, 1.807) is 7.11 Å². The molecule has 1 aliphatic heterocycles. The van der Waals surface area contributed by atoms with Gasteiger partial charge in [0.1, 0.15) is 12.4 Å². The summed E-state index contributed by atoms with van der Waals surface area (Å²) < 4.78 is 10.4. The van der Waals surface area contributed by atoms with Crippen molar-refractivity contribution in [1.82, 2.24) is 5.32 Å². The molecule has 0 amide bonds. The highest BCUT2D eigenvalue weighted by Gasteiger charge is 2.15. The fraction of sp³-hybridized carbons (Fsp3) is 0.562. The predicted molar refractivity (Wildman–Crippen MR) is 77.6 cm³/mol. The van der Waals surface area contributed by atoms with Crippen LogP contribution in [0, 0.1) is 5.92 Å². The molecule has 0 aromatic heterocycles. The largest absolute Gasteiger partial charge is 0.497 e. The number of hydrogen-bond acceptors (Lipinski definition) is 4. The third-order valence-corrected chi connectivity index (χ3v) is 3.69. The van der Waals surface area contributed by atoms with Crippen molar-refractivity contribution in [2.75, 3.05) is 20.2 Å². The maximum Gasteiger partial charge on any atom is 0.306 e. The molecule has 1 atom stereocenters. The second-order valence-electron chi connectivity index (χ2n) is 5.26. The van der Waals surface area contributed by atoms with Gasteiger partial charge >= 0.3 is 5.97 Å². The van der Waals surface area contributed by atoms with Crippen LogP contribution in [0.25, 0.3) is 0 Å². The normalized spacial score (nSPS) is 18.6. The summed E-state index contributed by atoms with van der Waals surface area (Å²) in [6.07, 6.45) is 3.86. The van der Waals surface area contributed by atoms with Crippen LogP contribution >= 0.6 is 0 Å². The molecule has 0 aliphatic carbocycles. The van der Waals surface area contributed by atoms with Gasteiger partial charge in [-0.05, 0) is 56.0 Å². The van der Waals surface area contributed by atoms with Crippen molar-refractivity contribution < 1.29 is 14.3 Å². The molecular weight excluding hydrogens is 254 g/mol. The summed E-state index contributed by atoms with van der Waals surface area (Å²) in [5, 5.41) is 3.36. The van der Waals surface area contributed by atoms with Crippen molar-refractivity contribution in [3.05, 3.63) is 29.8 Å². The fourth-order valence-corrected chi connectivity index (χ4v) is 2.49. The lowest BCUT2D eigenvalue weighted by Crippen LogP contribution is -2.30. The molecule has 1 unspecified atom stereocenters. The van der Waals surface area contributed by atoms with Crippen LogP contribution in [0.5, 0.6) is 5.75 Å². The fourth-order valence-electron chi connectivity index (χ4n) is 2.49. The molecule has 0 bridgehead atoms. The first-order valence-electron chi connectivity index (χ1n) is 7.27. The Morgan fingerprint density at radius 1 is 1.45 bits per heavy atom. The minimum absolute atomic E-state index is 0.113. The molecule has 20 heavy (non-hydrogen) atoms. The Kier molecular flexibility index (Phi) is 5.87. The number of ether oxygens (including phenoxy) is 2. The second-order valence-corrected chi connectivity index (χ2v) is 5.26. The van der Waals surface area contributed by atoms with Crippen molar-refractivity contribution in [3.63, 3.8) is 0 Å². The number of methoxy groups -OCH3 is 1. The van der Waals surface area contributed by atoms with Gasteiger partial charge in [0.05, 0.1) is 7.11 Å². The van der Waals surface area contributed by atoms with E-state index >= 15 is 0 Å². The molecule has 1 heterocycles. The van der Waals surface area contributed by atoms with Crippen LogP contribution in [-0.2, 0) is 16.1 Å². The van der Waals surface area contributed by atoms with E-state index in [0.717, 1.165) is 30.8 Å². The van der Waals surface area contributed by atoms with Gasteiger partial charge < -0.3 is 14.8 Å². The number of rotatable bonds is 6. The lowest BCUT2D eigenvalue weighted by Gasteiger charge is -2.22. The van der Waals surface area contributed by atoms with E-state index in [-0.39, 0.29) is 5.97 Å². The van der Waals surface area contributed by atoms with Crippen LogP contribution in [0.4, 0.5) is 0 Å². The Hall–Kier alpha value is -1.55. The number of carbonyl (C=O) groups is 1. The van der Waals surface area contributed by atoms with Crippen molar-refractivity contribution in [3.8, 4) is 5.75 Å². The summed E-state index contributed by atoms with van der Waals surface area (Å²) >= 11 is 0. The third kappa shape index (κ3) is 4.85. The number of esters is 1. The first-order valence-corrected chi connectivity index (χ1v) is 7.27. The minimum atomic E-state index is -0.113. The molecule has 1 saturated heterocycles. The SMILES string of the molecule is COc1cccc(COC(=O)CCC2CCCNC2)c1. The zero-order chi connectivity index (χ0) is 14.2. The van der Waals surface area contributed by atoms with E-state index < -0.39 is 0 Å². The molecule has 1 aromatic rings. The van der Waals surface area contributed by atoms with Gasteiger partial charge in [0.15, 0.2) is 0 Å². The highest BCUT2D eigenvalue weighted by Crippen LogP contribution is 2.17. The van der Waals surface area contributed by atoms with Gasteiger partial charge in [0, 0.05) is 6.42 Å². The summed E-state index contributed by atoms with van der Waals surface area (Å²) in [6.45, 7) is 2.46. The summed E-state index contributed by atoms with van der Waals surface area (Å²) in [5.74, 6) is 1.29. The summed E-state index contributed by atoms with van der Waals surface area (Å²) in [6, 6.07) is 7.59. The maximum absolute atomic E-state index is 11.7. The maximum atomic E-state index is 11.7. The van der Waals surface area contributed by atoms with Crippen molar-refractivity contribution in [2.24, 2.45) is 5.92 Å². The Morgan fingerprint density at radius 3 is 3.10 bits per heavy atom. The van der Waals surface area contributed by atoms with Gasteiger partial charge in [0.2, 0.25) is 0 Å². The van der Waals surface area contributed by atoms with Crippen molar-refractivity contribution in [2.45, 2.75) is 32.3 Å². The standard InChI is InChI=1S/C16H23NO3/c1-19-15-6-2-4-14(10-15)12-20-16(18)8-7-13-5-3-9-17-11-13/h2,4,6,10,13,17H,3,5,7-9,11-12H2,1H3. The topological polar surface area (TPSA) is 47.6 Å². The molecule has 2 rings (SSSR count). The number of benzene rings is 1. The molecule has 4 nitrogen and oxygen atoms in total. The Labute approximate surface area is 120 Å². The van der Waals surface area contributed by atoms with Gasteiger partial charge in [-0.15, -0.1) is 0 Å². The Morgan fingerprint density at radius 2 is 2.35 bits per heavy atom. The van der Waals surface area contributed by atoms with E-state index in [4.69, 9.17) is 9.47 Å². The first kappa shape index (κ1) is 14.9. The van der Waals surface area contributed by atoms with Gasteiger partial charge in [-0.2, -0.15) is 0 Å². The number of hydrogen-bond donors (Lipinski definition) is 1. The first-order chi connectivity index (χ1) is 9.78. The molecule has 0 radical (unpaired) electrons. The molecule has 110 valence electrons. The van der Waals surface area contributed by atoms with E-state index in [9.17, 15) is 4.79 Å². The van der Waals surface area contributed by atoms with Crippen LogP contribution < -0.4 is 10.1 Å². The lowest BCUT2D eigenvalue weighted by molar-refractivity contribution is -0.145. The monoisotopic (exact) mass is 277 g/mol. The molecular formula is C16H23NO3. The molecule has 1 aliphatic rings. The van der Waals surface area contributed by atoms with Crippen LogP contribution in [0.3, 0.4) is 0 Å². The quantitative estimate of drug-likeness (QED) is 0.812. The molecule has 0 saturated carbocycles. The van der Waals surface area contributed by atoms with E-state index in [1.165, 1.54) is 12.8 Å². The lowest BCUT2D eigenvalue weighted by atomic mass is 9.95. The van der Waals surface area contributed by atoms with Gasteiger partial charge in [-0.1, -0.05) is 12.1 Å². The number of nitrogens with one attached hydrogen (secondary N) is 1. The van der Waals surface area contributed by atoms with Crippen molar-refractivity contribution in [1.29, 1.82) is 0 Å². The predicted octanol–water partition coefficient (Wildman–Crippen LogP) is 2.52. The third-order valence-electron chi connectivity index (χ3n) is 3.69. The highest BCUT2D eigenvalue weighted by molar-refractivity contribution is 5.69. The van der Waals surface area contributed by atoms with Crippen LogP contribution in [0.2, 0.25) is 0 Å². The smallest absolute Gasteiger partial charge is 0.306 e. The zero-order valence-corrected chi connectivity index (χ0v) is 12.1. The van der Waals surface area contributed by atoms with Gasteiger partial charge in [-0.3, -0.25) is 4.79 Å². The summed E-state index contributed by atoms with van der Waals surface area (Å²) in [5.41, 5.74) is 0.956. The second kappa shape index (κ2) is 7.90. The van der Waals surface area contributed by atoms with Crippen molar-refractivity contribution >= 4 is 5.97 Å². The van der Waals surface area contributed by atoms with E-state index in [2.05, 4.69) is 5.32 Å². The summed E-state index contributed by atoms with van der Waals surface area (Å²) in [7, 11) is 1.63. The molecule has 1 N–H and O–H groups in total. The molecule has 1 fully saturated rings. The molecule has 1 aromatic carbocycles. The van der Waals surface area contributed by atoms with Gasteiger partial charge in [-0.25, -0.2) is 0 Å². The average molecular weight is 277 g/mol. The van der Waals surface area contributed by atoms with Crippen LogP contribution in [-0.4, -0.2) is 26.2 Å². The Bertz CT molecular complexity index is 427. The molecule has 0 spiro atoms. The highest BCUT2D eigenvalue weighted by atomic mass is 16.5. The number of carbonyl (C=O) groups excluding carboxylic acids is 1. The van der Waals surface area contributed by atoms with Crippen LogP contribution in [0.1, 0.15) is 31.2 Å². The van der Waals surface area contributed by atoms with Gasteiger partial charge in [0.25, 0.3) is 0 Å². The zero-order valence-electron chi connectivity index (χ0n) is 12.1.